The van der Waals surface area contributed by atoms with Gasteiger partial charge in [0.25, 0.3) is 5.91 Å². The van der Waals surface area contributed by atoms with Crippen molar-refractivity contribution in [2.75, 3.05) is 17.2 Å². The van der Waals surface area contributed by atoms with Crippen LogP contribution in [0.3, 0.4) is 0 Å². The number of pyridine rings is 1. The summed E-state index contributed by atoms with van der Waals surface area (Å²) in [6.07, 6.45) is 0.874. The van der Waals surface area contributed by atoms with E-state index in [1.165, 1.54) is 5.56 Å². The number of amides is 1. The highest BCUT2D eigenvalue weighted by atomic mass is 35.5. The number of benzene rings is 2. The number of carbonyl (C=O) groups is 1. The molecule has 1 amide bonds. The zero-order valence-corrected chi connectivity index (χ0v) is 17.8. The minimum Gasteiger partial charge on any atom is -0.370 e. The number of carbonyl (C=O) groups excluding carboxylic acids is 1. The summed E-state index contributed by atoms with van der Waals surface area (Å²) < 4.78 is 1.67. The molecule has 0 aliphatic heterocycles. The molecule has 2 N–H and O–H groups in total. The fraction of sp³-hybridized carbons (Fsp3) is 0.125. The molecule has 0 aliphatic rings. The SMILES string of the molecule is Cc1cc(NC(=O)c2cccc(NCCc3ccccc3)n2)n(-c2ccc(Cl)cc2)n1. The summed E-state index contributed by atoms with van der Waals surface area (Å²) in [5, 5.41) is 11.3. The molecule has 0 unspecified atom stereocenters. The molecule has 0 aliphatic carbocycles. The monoisotopic (exact) mass is 431 g/mol. The molecule has 7 heteroatoms. The second-order valence-corrected chi connectivity index (χ2v) is 7.52. The molecule has 2 aromatic carbocycles. The number of hydrogen-bond acceptors (Lipinski definition) is 4. The topological polar surface area (TPSA) is 71.8 Å². The molecule has 0 saturated carbocycles. The third-order valence-corrected chi connectivity index (χ3v) is 4.94. The van der Waals surface area contributed by atoms with E-state index in [4.69, 9.17) is 11.6 Å². The average Bonchev–Trinajstić information content (AvgIpc) is 3.15. The van der Waals surface area contributed by atoms with Gasteiger partial charge in [0.05, 0.1) is 11.4 Å². The Kier molecular flexibility index (Phi) is 6.29. The number of nitrogens with zero attached hydrogens (tertiary/aromatic N) is 3. The van der Waals surface area contributed by atoms with E-state index in [-0.39, 0.29) is 5.91 Å². The first kappa shape index (κ1) is 20.6. The van der Waals surface area contributed by atoms with Crippen LogP contribution < -0.4 is 10.6 Å². The van der Waals surface area contributed by atoms with E-state index in [1.54, 1.807) is 22.9 Å². The molecule has 0 atom stereocenters. The van der Waals surface area contributed by atoms with Gasteiger partial charge in [-0.3, -0.25) is 4.79 Å². The largest absolute Gasteiger partial charge is 0.370 e. The van der Waals surface area contributed by atoms with Gasteiger partial charge in [-0.2, -0.15) is 5.10 Å². The van der Waals surface area contributed by atoms with E-state index in [2.05, 4.69) is 32.8 Å². The Hall–Kier alpha value is -3.64. The minimum atomic E-state index is -0.304. The van der Waals surface area contributed by atoms with Gasteiger partial charge in [0.15, 0.2) is 0 Å². The quantitative estimate of drug-likeness (QED) is 0.425. The number of halogens is 1. The van der Waals surface area contributed by atoms with Crippen LogP contribution in [-0.4, -0.2) is 27.2 Å². The highest BCUT2D eigenvalue weighted by molar-refractivity contribution is 6.30. The zero-order valence-electron chi connectivity index (χ0n) is 17.0. The second-order valence-electron chi connectivity index (χ2n) is 7.08. The predicted molar refractivity (Wildman–Crippen MR) is 124 cm³/mol. The lowest BCUT2D eigenvalue weighted by atomic mass is 10.1. The first-order valence-corrected chi connectivity index (χ1v) is 10.3. The summed E-state index contributed by atoms with van der Waals surface area (Å²) in [5.74, 6) is 0.918. The maximum absolute atomic E-state index is 12.8. The summed E-state index contributed by atoms with van der Waals surface area (Å²) in [6.45, 7) is 2.60. The lowest BCUT2D eigenvalue weighted by Crippen LogP contribution is -2.17. The molecule has 0 saturated heterocycles. The molecule has 156 valence electrons. The summed E-state index contributed by atoms with van der Waals surface area (Å²) in [5.41, 5.74) is 3.16. The van der Waals surface area contributed by atoms with Crippen LogP contribution in [-0.2, 0) is 6.42 Å². The molecule has 6 nitrogen and oxygen atoms in total. The van der Waals surface area contributed by atoms with Crippen molar-refractivity contribution < 1.29 is 4.79 Å². The van der Waals surface area contributed by atoms with Crippen molar-refractivity contribution in [3.05, 3.63) is 101 Å². The third-order valence-electron chi connectivity index (χ3n) is 4.69. The van der Waals surface area contributed by atoms with Gasteiger partial charge in [0, 0.05) is 17.6 Å². The molecule has 0 spiro atoms. The van der Waals surface area contributed by atoms with Gasteiger partial charge in [-0.25, -0.2) is 9.67 Å². The summed E-state index contributed by atoms with van der Waals surface area (Å²) in [4.78, 5) is 17.3. The van der Waals surface area contributed by atoms with Crippen molar-refractivity contribution in [2.45, 2.75) is 13.3 Å². The molecule has 2 heterocycles. The fourth-order valence-electron chi connectivity index (χ4n) is 3.19. The Labute approximate surface area is 185 Å². The first-order chi connectivity index (χ1) is 15.1. The van der Waals surface area contributed by atoms with Crippen molar-refractivity contribution in [1.82, 2.24) is 14.8 Å². The van der Waals surface area contributed by atoms with Gasteiger partial charge in [0.1, 0.15) is 17.3 Å². The molecule has 4 rings (SSSR count). The van der Waals surface area contributed by atoms with Gasteiger partial charge < -0.3 is 10.6 Å². The molecular weight excluding hydrogens is 410 g/mol. The smallest absolute Gasteiger partial charge is 0.275 e. The van der Waals surface area contributed by atoms with Crippen LogP contribution in [0.25, 0.3) is 5.69 Å². The number of aromatic nitrogens is 3. The number of rotatable bonds is 7. The van der Waals surface area contributed by atoms with Gasteiger partial charge >= 0.3 is 0 Å². The van der Waals surface area contributed by atoms with E-state index in [0.717, 1.165) is 24.3 Å². The number of anilines is 2. The van der Waals surface area contributed by atoms with Crippen LogP contribution in [0.1, 0.15) is 21.7 Å². The Bertz CT molecular complexity index is 1170. The average molecular weight is 432 g/mol. The lowest BCUT2D eigenvalue weighted by Gasteiger charge is -2.10. The molecule has 31 heavy (non-hydrogen) atoms. The van der Waals surface area contributed by atoms with E-state index < -0.39 is 0 Å². The first-order valence-electron chi connectivity index (χ1n) is 9.97. The Morgan fingerprint density at radius 2 is 1.77 bits per heavy atom. The summed E-state index contributed by atoms with van der Waals surface area (Å²) in [6, 6.07) is 24.7. The van der Waals surface area contributed by atoms with E-state index >= 15 is 0 Å². The Balaban J connectivity index is 1.44. The number of aryl methyl sites for hydroxylation is 1. The highest BCUT2D eigenvalue weighted by Crippen LogP contribution is 2.20. The predicted octanol–water partition coefficient (Wildman–Crippen LogP) is 5.14. The molecule has 0 fully saturated rings. The Morgan fingerprint density at radius 1 is 1.00 bits per heavy atom. The summed E-state index contributed by atoms with van der Waals surface area (Å²) in [7, 11) is 0. The van der Waals surface area contributed by atoms with Gasteiger partial charge in [0.2, 0.25) is 0 Å². The van der Waals surface area contributed by atoms with Crippen LogP contribution in [0.5, 0.6) is 0 Å². The van der Waals surface area contributed by atoms with Gasteiger partial charge in [-0.15, -0.1) is 0 Å². The molecule has 2 aromatic heterocycles. The Morgan fingerprint density at radius 3 is 2.55 bits per heavy atom. The van der Waals surface area contributed by atoms with Crippen LogP contribution >= 0.6 is 11.6 Å². The zero-order chi connectivity index (χ0) is 21.6. The van der Waals surface area contributed by atoms with Crippen molar-refractivity contribution in [3.8, 4) is 5.69 Å². The number of nitrogens with one attached hydrogen (secondary N) is 2. The number of hydrogen-bond donors (Lipinski definition) is 2. The maximum Gasteiger partial charge on any atom is 0.275 e. The van der Waals surface area contributed by atoms with Crippen LogP contribution in [0.4, 0.5) is 11.6 Å². The van der Waals surface area contributed by atoms with Crippen molar-refractivity contribution in [2.24, 2.45) is 0 Å². The van der Waals surface area contributed by atoms with E-state index in [9.17, 15) is 4.79 Å². The van der Waals surface area contributed by atoms with E-state index in [0.29, 0.717) is 22.4 Å². The molecule has 4 aromatic rings. The van der Waals surface area contributed by atoms with Crippen molar-refractivity contribution in [3.63, 3.8) is 0 Å². The maximum atomic E-state index is 12.8. The second kappa shape index (κ2) is 9.45. The van der Waals surface area contributed by atoms with Crippen molar-refractivity contribution >= 4 is 29.1 Å². The highest BCUT2D eigenvalue weighted by Gasteiger charge is 2.14. The van der Waals surface area contributed by atoms with E-state index in [1.807, 2.05) is 55.5 Å². The van der Waals surface area contributed by atoms with Crippen LogP contribution in [0.15, 0.2) is 78.9 Å². The summed E-state index contributed by atoms with van der Waals surface area (Å²) >= 11 is 5.98. The lowest BCUT2D eigenvalue weighted by molar-refractivity contribution is 0.102. The minimum absolute atomic E-state index is 0.304. The molecular formula is C24H22ClN5O. The molecule has 0 bridgehead atoms. The third kappa shape index (κ3) is 5.29. The van der Waals surface area contributed by atoms with Crippen LogP contribution in [0, 0.1) is 6.92 Å². The van der Waals surface area contributed by atoms with Crippen molar-refractivity contribution in [1.29, 1.82) is 0 Å². The fourth-order valence-corrected chi connectivity index (χ4v) is 3.31. The van der Waals surface area contributed by atoms with Gasteiger partial charge in [-0.05, 0) is 55.3 Å². The standard InChI is InChI=1S/C24H22ClN5O/c1-17-16-23(30(29-17)20-12-10-19(25)11-13-20)28-24(31)21-8-5-9-22(27-21)26-15-14-18-6-3-2-4-7-18/h2-13,16H,14-15H2,1H3,(H,26,27)(H,28,31). The van der Waals surface area contributed by atoms with Gasteiger partial charge in [-0.1, -0.05) is 48.0 Å². The normalized spacial score (nSPS) is 10.6. The molecule has 0 radical (unpaired) electrons. The van der Waals surface area contributed by atoms with Crippen LogP contribution in [0.2, 0.25) is 5.02 Å².